The second kappa shape index (κ2) is 5.01. The number of aromatic nitrogens is 1. The first-order valence-electron chi connectivity index (χ1n) is 5.74. The predicted molar refractivity (Wildman–Crippen MR) is 70.2 cm³/mol. The number of pyridine rings is 1. The monoisotopic (exact) mass is 231 g/mol. The SMILES string of the molecule is CC(N)CCNc1nccc2ccc(O)cc12. The molecule has 0 spiro atoms. The molecule has 1 heterocycles. The molecule has 4 heteroatoms. The van der Waals surface area contributed by atoms with Crippen LogP contribution in [0.1, 0.15) is 13.3 Å². The van der Waals surface area contributed by atoms with Crippen LogP contribution in [0.25, 0.3) is 10.8 Å². The van der Waals surface area contributed by atoms with Gasteiger partial charge in [0.25, 0.3) is 0 Å². The van der Waals surface area contributed by atoms with Gasteiger partial charge in [0, 0.05) is 24.2 Å². The van der Waals surface area contributed by atoms with Gasteiger partial charge < -0.3 is 16.2 Å². The molecule has 2 rings (SSSR count). The summed E-state index contributed by atoms with van der Waals surface area (Å²) in [4.78, 5) is 4.28. The Bertz CT molecular complexity index is 511. The summed E-state index contributed by atoms with van der Waals surface area (Å²) < 4.78 is 0. The van der Waals surface area contributed by atoms with Crippen molar-refractivity contribution in [1.29, 1.82) is 0 Å². The highest BCUT2D eigenvalue weighted by Gasteiger charge is 2.03. The number of hydrogen-bond donors (Lipinski definition) is 3. The Hall–Kier alpha value is -1.81. The lowest BCUT2D eigenvalue weighted by atomic mass is 10.1. The molecule has 0 radical (unpaired) electrons. The highest BCUT2D eigenvalue weighted by Crippen LogP contribution is 2.24. The van der Waals surface area contributed by atoms with Gasteiger partial charge in [0.2, 0.25) is 0 Å². The number of phenols is 1. The van der Waals surface area contributed by atoms with Gasteiger partial charge in [-0.15, -0.1) is 0 Å². The summed E-state index contributed by atoms with van der Waals surface area (Å²) in [6, 6.07) is 7.37. The zero-order chi connectivity index (χ0) is 12.3. The molecule has 0 aliphatic heterocycles. The van der Waals surface area contributed by atoms with Gasteiger partial charge in [0.15, 0.2) is 0 Å². The first kappa shape index (κ1) is 11.7. The van der Waals surface area contributed by atoms with Crippen LogP contribution >= 0.6 is 0 Å². The van der Waals surface area contributed by atoms with Gasteiger partial charge >= 0.3 is 0 Å². The molecule has 0 saturated heterocycles. The number of rotatable bonds is 4. The normalized spacial score (nSPS) is 12.6. The van der Waals surface area contributed by atoms with Crippen LogP contribution in [-0.2, 0) is 0 Å². The number of phenolic OH excluding ortho intramolecular Hbond substituents is 1. The van der Waals surface area contributed by atoms with E-state index < -0.39 is 0 Å². The molecule has 1 aromatic heterocycles. The molecular formula is C13H17N3O. The molecule has 1 atom stereocenters. The Morgan fingerprint density at radius 2 is 2.24 bits per heavy atom. The van der Waals surface area contributed by atoms with E-state index in [4.69, 9.17) is 5.73 Å². The van der Waals surface area contributed by atoms with E-state index >= 15 is 0 Å². The number of nitrogens with zero attached hydrogens (tertiary/aromatic N) is 1. The lowest BCUT2D eigenvalue weighted by Crippen LogP contribution is -2.19. The highest BCUT2D eigenvalue weighted by atomic mass is 16.3. The van der Waals surface area contributed by atoms with Crippen LogP contribution in [0.2, 0.25) is 0 Å². The Labute approximate surface area is 100 Å². The topological polar surface area (TPSA) is 71.2 Å². The minimum Gasteiger partial charge on any atom is -0.508 e. The van der Waals surface area contributed by atoms with E-state index in [9.17, 15) is 5.11 Å². The summed E-state index contributed by atoms with van der Waals surface area (Å²) >= 11 is 0. The molecule has 0 saturated carbocycles. The van der Waals surface area contributed by atoms with Crippen molar-refractivity contribution in [2.75, 3.05) is 11.9 Å². The molecule has 0 bridgehead atoms. The fourth-order valence-corrected chi connectivity index (χ4v) is 1.72. The number of aromatic hydroxyl groups is 1. The molecule has 2 aromatic rings. The van der Waals surface area contributed by atoms with E-state index in [0.29, 0.717) is 0 Å². The molecule has 4 N–H and O–H groups in total. The van der Waals surface area contributed by atoms with Crippen molar-refractivity contribution < 1.29 is 5.11 Å². The molecule has 4 nitrogen and oxygen atoms in total. The van der Waals surface area contributed by atoms with Gasteiger partial charge in [-0.3, -0.25) is 0 Å². The third kappa shape index (κ3) is 2.85. The Morgan fingerprint density at radius 1 is 1.41 bits per heavy atom. The van der Waals surface area contributed by atoms with Crippen molar-refractivity contribution in [3.8, 4) is 5.75 Å². The maximum Gasteiger partial charge on any atom is 0.133 e. The van der Waals surface area contributed by atoms with Gasteiger partial charge in [-0.2, -0.15) is 0 Å². The third-order valence-corrected chi connectivity index (χ3v) is 2.64. The van der Waals surface area contributed by atoms with Crippen LogP contribution in [0.3, 0.4) is 0 Å². The summed E-state index contributed by atoms with van der Waals surface area (Å²) in [6.45, 7) is 2.75. The van der Waals surface area contributed by atoms with E-state index in [2.05, 4.69) is 10.3 Å². The predicted octanol–water partition coefficient (Wildman–Crippen LogP) is 2.09. The molecule has 17 heavy (non-hydrogen) atoms. The number of anilines is 1. The van der Waals surface area contributed by atoms with Crippen molar-refractivity contribution in [2.24, 2.45) is 5.73 Å². The summed E-state index contributed by atoms with van der Waals surface area (Å²) in [5, 5.41) is 14.7. The van der Waals surface area contributed by atoms with Crippen molar-refractivity contribution >= 4 is 16.6 Å². The molecule has 1 unspecified atom stereocenters. The van der Waals surface area contributed by atoms with Crippen molar-refractivity contribution in [3.63, 3.8) is 0 Å². The van der Waals surface area contributed by atoms with E-state index in [1.54, 1.807) is 18.3 Å². The van der Waals surface area contributed by atoms with Crippen LogP contribution in [0, 0.1) is 0 Å². The maximum atomic E-state index is 9.49. The smallest absolute Gasteiger partial charge is 0.133 e. The van der Waals surface area contributed by atoms with Crippen LogP contribution in [0.4, 0.5) is 5.82 Å². The quantitative estimate of drug-likeness (QED) is 0.753. The fraction of sp³-hybridized carbons (Fsp3) is 0.308. The van der Waals surface area contributed by atoms with Gasteiger partial charge in [-0.05, 0) is 36.9 Å². The Balaban J connectivity index is 2.24. The Kier molecular flexibility index (Phi) is 3.44. The van der Waals surface area contributed by atoms with Crippen LogP contribution in [0.5, 0.6) is 5.75 Å². The summed E-state index contributed by atoms with van der Waals surface area (Å²) in [5.41, 5.74) is 5.69. The zero-order valence-electron chi connectivity index (χ0n) is 9.85. The average molecular weight is 231 g/mol. The lowest BCUT2D eigenvalue weighted by Gasteiger charge is -2.10. The van der Waals surface area contributed by atoms with Crippen molar-refractivity contribution in [1.82, 2.24) is 4.98 Å². The minimum absolute atomic E-state index is 0.172. The van der Waals surface area contributed by atoms with Crippen LogP contribution < -0.4 is 11.1 Å². The van der Waals surface area contributed by atoms with Crippen molar-refractivity contribution in [3.05, 3.63) is 30.5 Å². The second-order valence-electron chi connectivity index (χ2n) is 4.26. The molecular weight excluding hydrogens is 214 g/mol. The lowest BCUT2D eigenvalue weighted by molar-refractivity contribution is 0.476. The molecule has 1 aromatic carbocycles. The molecule has 0 aliphatic carbocycles. The first-order chi connectivity index (χ1) is 8.16. The van der Waals surface area contributed by atoms with Gasteiger partial charge in [0.1, 0.15) is 11.6 Å². The maximum absolute atomic E-state index is 9.49. The summed E-state index contributed by atoms with van der Waals surface area (Å²) in [7, 11) is 0. The van der Waals surface area contributed by atoms with Crippen LogP contribution in [-0.4, -0.2) is 22.7 Å². The Morgan fingerprint density at radius 3 is 3.00 bits per heavy atom. The molecule has 0 aliphatic rings. The molecule has 0 amide bonds. The van der Waals surface area contributed by atoms with E-state index in [0.717, 1.165) is 29.6 Å². The average Bonchev–Trinajstić information content (AvgIpc) is 2.29. The van der Waals surface area contributed by atoms with Gasteiger partial charge in [0.05, 0.1) is 0 Å². The number of hydrogen-bond acceptors (Lipinski definition) is 4. The second-order valence-corrected chi connectivity index (χ2v) is 4.26. The number of fused-ring (bicyclic) bond motifs is 1. The van der Waals surface area contributed by atoms with E-state index in [1.165, 1.54) is 0 Å². The van der Waals surface area contributed by atoms with Crippen LogP contribution in [0.15, 0.2) is 30.5 Å². The van der Waals surface area contributed by atoms with Gasteiger partial charge in [-0.25, -0.2) is 4.98 Å². The molecule has 90 valence electrons. The number of nitrogens with one attached hydrogen (secondary N) is 1. The minimum atomic E-state index is 0.172. The first-order valence-corrected chi connectivity index (χ1v) is 5.74. The fourth-order valence-electron chi connectivity index (χ4n) is 1.72. The highest BCUT2D eigenvalue weighted by molar-refractivity contribution is 5.92. The summed E-state index contributed by atoms with van der Waals surface area (Å²) in [6.07, 6.45) is 2.64. The van der Waals surface area contributed by atoms with Crippen molar-refractivity contribution in [2.45, 2.75) is 19.4 Å². The van der Waals surface area contributed by atoms with E-state index in [1.807, 2.05) is 19.1 Å². The summed E-state index contributed by atoms with van der Waals surface area (Å²) in [5.74, 6) is 1.04. The zero-order valence-corrected chi connectivity index (χ0v) is 9.85. The molecule has 0 fully saturated rings. The third-order valence-electron chi connectivity index (χ3n) is 2.64. The number of nitrogens with two attached hydrogens (primary N) is 1. The standard InChI is InChI=1S/C13H17N3O/c1-9(14)4-6-15-13-12-8-11(17)3-2-10(12)5-7-16-13/h2-3,5,7-9,17H,4,6,14H2,1H3,(H,15,16). The largest absolute Gasteiger partial charge is 0.508 e. The number of benzene rings is 1. The van der Waals surface area contributed by atoms with E-state index in [-0.39, 0.29) is 11.8 Å². The van der Waals surface area contributed by atoms with Gasteiger partial charge in [-0.1, -0.05) is 6.07 Å².